The van der Waals surface area contributed by atoms with Crippen LogP contribution in [0.2, 0.25) is 0 Å². The molecular weight excluding hydrogens is 446 g/mol. The van der Waals surface area contributed by atoms with Gasteiger partial charge in [0.15, 0.2) is 0 Å². The van der Waals surface area contributed by atoms with Crippen molar-refractivity contribution in [3.05, 3.63) is 83.9 Å². The van der Waals surface area contributed by atoms with E-state index in [1.807, 2.05) is 60.7 Å². The van der Waals surface area contributed by atoms with E-state index in [2.05, 4.69) is 18.4 Å². The molecule has 4 fully saturated rings. The summed E-state index contributed by atoms with van der Waals surface area (Å²) in [5, 5.41) is 12.4. The molecule has 0 amide bonds. The molecule has 6 atom stereocenters. The Balaban J connectivity index is 1.29. The van der Waals surface area contributed by atoms with Crippen LogP contribution in [0.3, 0.4) is 0 Å². The number of hydrogen-bond acceptors (Lipinski definition) is 4. The molecule has 0 radical (unpaired) electrons. The van der Waals surface area contributed by atoms with Crippen molar-refractivity contribution in [2.45, 2.75) is 69.6 Å². The maximum absolute atomic E-state index is 13.3. The minimum Gasteiger partial charge on any atom is -0.462 e. The smallest absolute Gasteiger partial charge is 0.310 e. The van der Waals surface area contributed by atoms with Gasteiger partial charge in [0.1, 0.15) is 11.7 Å². The van der Waals surface area contributed by atoms with Crippen LogP contribution in [0.25, 0.3) is 0 Å². The Morgan fingerprint density at radius 2 is 1.75 bits per heavy atom. The van der Waals surface area contributed by atoms with E-state index >= 15 is 0 Å². The number of rotatable bonds is 5. The molecule has 4 nitrogen and oxygen atoms in total. The van der Waals surface area contributed by atoms with Crippen LogP contribution in [0.15, 0.2) is 72.8 Å². The molecule has 2 aromatic carbocycles. The quantitative estimate of drug-likeness (QED) is 0.436. The van der Waals surface area contributed by atoms with Gasteiger partial charge in [0.25, 0.3) is 0 Å². The first-order valence-electron chi connectivity index (χ1n) is 13.9. The van der Waals surface area contributed by atoms with Gasteiger partial charge < -0.3 is 9.84 Å². The summed E-state index contributed by atoms with van der Waals surface area (Å²) >= 11 is 0. The molecule has 1 N–H and O–H groups in total. The molecule has 0 unspecified atom stereocenters. The number of benzene rings is 2. The van der Waals surface area contributed by atoms with Crippen molar-refractivity contribution in [1.82, 2.24) is 4.90 Å². The maximum atomic E-state index is 13.3. The molecule has 2 aromatic rings. The number of nitrogens with zero attached hydrogens (tertiary/aromatic N) is 1. The molecular formula is C32H39NO3. The minimum atomic E-state index is -1.14. The predicted molar refractivity (Wildman–Crippen MR) is 141 cm³/mol. The van der Waals surface area contributed by atoms with Gasteiger partial charge in [-0.25, -0.2) is 0 Å². The molecule has 2 saturated heterocycles. The van der Waals surface area contributed by atoms with Gasteiger partial charge in [-0.2, -0.15) is 0 Å². The molecule has 2 aliphatic heterocycles. The van der Waals surface area contributed by atoms with Gasteiger partial charge in [-0.05, 0) is 74.0 Å². The van der Waals surface area contributed by atoms with Gasteiger partial charge in [0.2, 0.25) is 0 Å². The highest BCUT2D eigenvalue weighted by Gasteiger charge is 2.56. The molecule has 6 rings (SSSR count). The number of allylic oxidation sites excluding steroid dienone is 1. The number of esters is 1. The average molecular weight is 486 g/mol. The van der Waals surface area contributed by atoms with E-state index in [-0.39, 0.29) is 35.4 Å². The molecule has 2 heterocycles. The lowest BCUT2D eigenvalue weighted by atomic mass is 9.55. The summed E-state index contributed by atoms with van der Waals surface area (Å²) in [5.41, 5.74) is 2.27. The van der Waals surface area contributed by atoms with E-state index < -0.39 is 5.60 Å². The van der Waals surface area contributed by atoms with Crippen molar-refractivity contribution >= 4 is 5.97 Å². The van der Waals surface area contributed by atoms with E-state index in [1.165, 1.54) is 18.4 Å². The second-order valence-corrected chi connectivity index (χ2v) is 12.1. The van der Waals surface area contributed by atoms with Gasteiger partial charge in [-0.3, -0.25) is 9.69 Å². The zero-order valence-electron chi connectivity index (χ0n) is 21.4. The highest BCUT2D eigenvalue weighted by molar-refractivity contribution is 5.75. The zero-order valence-corrected chi connectivity index (χ0v) is 21.4. The van der Waals surface area contributed by atoms with E-state index in [1.54, 1.807) is 0 Å². The van der Waals surface area contributed by atoms with Gasteiger partial charge >= 0.3 is 5.97 Å². The number of fused-ring (bicyclic) bond motifs is 2. The number of carbonyl (C=O) groups excluding carboxylic acids is 1. The standard InChI is InChI=1S/C32H39NO3/c1-22-11-9-17-31(2)20-28-25(19-27(22)31)26(30(34)36-28)21-33-18-10-16-29(33)32(35,23-12-5-3-6-13-23)24-14-7-4-8-15-24/h3-8,12-15,25-29,35H,1,9-11,16-21H2,2H3/t25-,26+,27-,28+,29+,31+/m0/s1. The summed E-state index contributed by atoms with van der Waals surface area (Å²) < 4.78 is 6.07. The lowest BCUT2D eigenvalue weighted by molar-refractivity contribution is -0.146. The normalized spacial score (nSPS) is 34.8. The van der Waals surface area contributed by atoms with Crippen molar-refractivity contribution in [3.8, 4) is 0 Å². The number of aliphatic hydroxyl groups is 1. The number of hydrogen-bond donors (Lipinski definition) is 1. The topological polar surface area (TPSA) is 49.8 Å². The molecule has 2 saturated carbocycles. The highest BCUT2D eigenvalue weighted by Crippen LogP contribution is 2.57. The Bertz CT molecular complexity index is 1080. The average Bonchev–Trinajstić information content (AvgIpc) is 3.47. The maximum Gasteiger partial charge on any atom is 0.310 e. The monoisotopic (exact) mass is 485 g/mol. The molecule has 190 valence electrons. The third kappa shape index (κ3) is 3.85. The van der Waals surface area contributed by atoms with Crippen LogP contribution >= 0.6 is 0 Å². The fourth-order valence-corrected chi connectivity index (χ4v) is 8.17. The SMILES string of the molecule is C=C1CCC[C@]2(C)C[C@H]3OC(=O)[C@H](CN4CCC[C@@H]4C(O)(c4ccccc4)c4ccccc4)[C@@H]3C[C@@H]12. The molecule has 0 spiro atoms. The molecule has 4 heteroatoms. The summed E-state index contributed by atoms with van der Waals surface area (Å²) in [6.45, 7) is 8.38. The first-order chi connectivity index (χ1) is 17.4. The van der Waals surface area contributed by atoms with Crippen LogP contribution in [0.4, 0.5) is 0 Å². The molecule has 2 aliphatic carbocycles. The summed E-state index contributed by atoms with van der Waals surface area (Å²) in [4.78, 5) is 15.7. The number of carbonyl (C=O) groups is 1. The third-order valence-electron chi connectivity index (χ3n) is 10.0. The van der Waals surface area contributed by atoms with Crippen molar-refractivity contribution in [1.29, 1.82) is 0 Å². The second kappa shape index (κ2) is 9.15. The van der Waals surface area contributed by atoms with Crippen LogP contribution in [0.1, 0.15) is 63.0 Å². The first kappa shape index (κ1) is 23.9. The summed E-state index contributed by atoms with van der Waals surface area (Å²) in [5.74, 6) is 0.565. The Labute approximate surface area is 215 Å². The fraction of sp³-hybridized carbons (Fsp3) is 0.531. The van der Waals surface area contributed by atoms with Crippen molar-refractivity contribution in [2.24, 2.45) is 23.2 Å². The fourth-order valence-electron chi connectivity index (χ4n) is 8.17. The lowest BCUT2D eigenvalue weighted by Crippen LogP contribution is -2.51. The van der Waals surface area contributed by atoms with Crippen molar-refractivity contribution in [3.63, 3.8) is 0 Å². The Morgan fingerprint density at radius 3 is 2.42 bits per heavy atom. The first-order valence-corrected chi connectivity index (χ1v) is 13.9. The van der Waals surface area contributed by atoms with Crippen LogP contribution in [-0.4, -0.2) is 41.2 Å². The predicted octanol–water partition coefficient (Wildman–Crippen LogP) is 5.70. The molecule has 0 bridgehead atoms. The Kier molecular flexibility index (Phi) is 6.08. The Hall–Kier alpha value is -2.43. The number of ether oxygens (including phenoxy) is 1. The summed E-state index contributed by atoms with van der Waals surface area (Å²) in [6.07, 6.45) is 7.44. The third-order valence-corrected chi connectivity index (χ3v) is 10.0. The van der Waals surface area contributed by atoms with Gasteiger partial charge in [0, 0.05) is 18.5 Å². The van der Waals surface area contributed by atoms with Crippen LogP contribution in [0.5, 0.6) is 0 Å². The lowest BCUT2D eigenvalue weighted by Gasteiger charge is -2.50. The van der Waals surface area contributed by atoms with Gasteiger partial charge in [0.05, 0.1) is 5.92 Å². The molecule has 4 aliphatic rings. The molecule has 0 aromatic heterocycles. The van der Waals surface area contributed by atoms with Crippen LogP contribution < -0.4 is 0 Å². The summed E-state index contributed by atoms with van der Waals surface area (Å²) in [7, 11) is 0. The van der Waals surface area contributed by atoms with E-state index in [0.29, 0.717) is 12.5 Å². The van der Waals surface area contributed by atoms with Crippen molar-refractivity contribution < 1.29 is 14.6 Å². The largest absolute Gasteiger partial charge is 0.462 e. The van der Waals surface area contributed by atoms with Crippen LogP contribution in [-0.2, 0) is 15.1 Å². The van der Waals surface area contributed by atoms with Gasteiger partial charge in [-0.15, -0.1) is 0 Å². The van der Waals surface area contributed by atoms with Gasteiger partial charge in [-0.1, -0.05) is 79.7 Å². The number of likely N-dealkylation sites (tertiary alicyclic amines) is 1. The summed E-state index contributed by atoms with van der Waals surface area (Å²) in [6, 6.07) is 20.0. The second-order valence-electron chi connectivity index (χ2n) is 12.1. The van der Waals surface area contributed by atoms with E-state index in [0.717, 1.165) is 49.8 Å². The van der Waals surface area contributed by atoms with Crippen molar-refractivity contribution in [2.75, 3.05) is 13.1 Å². The zero-order chi connectivity index (χ0) is 24.9. The molecule has 36 heavy (non-hydrogen) atoms. The Morgan fingerprint density at radius 1 is 1.08 bits per heavy atom. The minimum absolute atomic E-state index is 0.0258. The highest BCUT2D eigenvalue weighted by atomic mass is 16.6. The van der Waals surface area contributed by atoms with Crippen LogP contribution in [0, 0.1) is 23.2 Å². The van der Waals surface area contributed by atoms with E-state index in [9.17, 15) is 9.90 Å². The van der Waals surface area contributed by atoms with E-state index in [4.69, 9.17) is 4.74 Å².